The predicted octanol–water partition coefficient (Wildman–Crippen LogP) is 3.79. The van der Waals surface area contributed by atoms with E-state index < -0.39 is 17.6 Å². The normalized spacial score (nSPS) is 12.4. The Labute approximate surface area is 184 Å². The van der Waals surface area contributed by atoms with Crippen LogP contribution in [-0.2, 0) is 0 Å². The molecular weight excluding hydrogens is 416 g/mol. The van der Waals surface area contributed by atoms with Crippen LogP contribution in [0.5, 0.6) is 0 Å². The van der Waals surface area contributed by atoms with Crippen molar-refractivity contribution in [3.8, 4) is 0 Å². The number of aromatic nitrogens is 1. The van der Waals surface area contributed by atoms with Gasteiger partial charge >= 0.3 is 0 Å². The molecule has 0 saturated heterocycles. The van der Waals surface area contributed by atoms with E-state index in [1.165, 1.54) is 12.1 Å². The van der Waals surface area contributed by atoms with E-state index in [1.54, 1.807) is 49.5 Å². The molecule has 1 unspecified atom stereocenters. The molecule has 3 rings (SSSR count). The molecule has 0 saturated carbocycles. The molecule has 0 spiro atoms. The molecule has 1 atom stereocenters. The van der Waals surface area contributed by atoms with Crippen molar-refractivity contribution in [3.05, 3.63) is 100 Å². The lowest BCUT2D eigenvalue weighted by atomic mass is 9.85. The quantitative estimate of drug-likeness (QED) is 0.283. The first-order valence-electron chi connectivity index (χ1n) is 10.0. The van der Waals surface area contributed by atoms with E-state index in [0.717, 1.165) is 11.8 Å². The van der Waals surface area contributed by atoms with Crippen molar-refractivity contribution in [2.24, 2.45) is 5.16 Å². The van der Waals surface area contributed by atoms with E-state index in [9.17, 15) is 18.8 Å². The van der Waals surface area contributed by atoms with Crippen molar-refractivity contribution < 1.29 is 23.9 Å². The fraction of sp³-hybridized carbons (Fsp3) is 0.208. The minimum Gasteiger partial charge on any atom is -0.411 e. The van der Waals surface area contributed by atoms with Gasteiger partial charge in [0.25, 0.3) is 5.91 Å². The van der Waals surface area contributed by atoms with Crippen LogP contribution in [0.1, 0.15) is 45.1 Å². The van der Waals surface area contributed by atoms with Crippen molar-refractivity contribution in [2.75, 3.05) is 13.2 Å². The maximum Gasteiger partial charge on any atom is 0.251 e. The Morgan fingerprint density at radius 3 is 2.47 bits per heavy atom. The Kier molecular flexibility index (Phi) is 7.62. The molecule has 3 aromatic rings. The number of aryl methyl sites for hydroxylation is 1. The fourth-order valence-electron chi connectivity index (χ4n) is 3.46. The summed E-state index contributed by atoms with van der Waals surface area (Å²) in [6, 6.07) is 13.3. The molecule has 32 heavy (non-hydrogen) atoms. The maximum atomic E-state index is 14.7. The first-order valence-corrected chi connectivity index (χ1v) is 10.0. The summed E-state index contributed by atoms with van der Waals surface area (Å²) in [7, 11) is 0. The number of hydrogen-bond acceptors (Lipinski definition) is 5. The highest BCUT2D eigenvalue weighted by molar-refractivity contribution is 6.01. The van der Waals surface area contributed by atoms with Gasteiger partial charge in [0.05, 0.1) is 12.3 Å². The zero-order chi connectivity index (χ0) is 23.1. The van der Waals surface area contributed by atoms with E-state index >= 15 is 0 Å². The van der Waals surface area contributed by atoms with E-state index in [1.807, 2.05) is 0 Å². The van der Waals surface area contributed by atoms with Crippen molar-refractivity contribution in [1.29, 1.82) is 0 Å². The first-order chi connectivity index (χ1) is 15.4. The minimum absolute atomic E-state index is 0.124. The van der Waals surface area contributed by atoms with Gasteiger partial charge in [-0.2, -0.15) is 0 Å². The van der Waals surface area contributed by atoms with Gasteiger partial charge in [-0.15, -0.1) is 0 Å². The van der Waals surface area contributed by atoms with Crippen LogP contribution in [0.25, 0.3) is 0 Å². The van der Waals surface area contributed by atoms with Gasteiger partial charge in [-0.1, -0.05) is 23.4 Å². The third-order valence-electron chi connectivity index (χ3n) is 5.06. The summed E-state index contributed by atoms with van der Waals surface area (Å²) in [5.41, 5.74) is 2.94. The molecule has 0 aliphatic carbocycles. The first kappa shape index (κ1) is 23.0. The molecule has 6 nitrogen and oxygen atoms in total. The van der Waals surface area contributed by atoms with Crippen LogP contribution in [0.2, 0.25) is 0 Å². The van der Waals surface area contributed by atoms with Crippen molar-refractivity contribution in [1.82, 2.24) is 10.3 Å². The highest BCUT2D eigenvalue weighted by atomic mass is 19.1. The molecule has 1 amide bonds. The zero-order valence-corrected chi connectivity index (χ0v) is 17.4. The van der Waals surface area contributed by atoms with Crippen LogP contribution in [0.15, 0.2) is 65.9 Å². The highest BCUT2D eigenvalue weighted by Gasteiger charge is 2.22. The summed E-state index contributed by atoms with van der Waals surface area (Å²) in [4.78, 5) is 16.2. The topological polar surface area (TPSA) is 94.8 Å². The largest absolute Gasteiger partial charge is 0.411 e. The third kappa shape index (κ3) is 5.53. The number of nitrogens with one attached hydrogen (secondary N) is 1. The van der Waals surface area contributed by atoms with E-state index in [4.69, 9.17) is 5.11 Å². The number of benzene rings is 2. The summed E-state index contributed by atoms with van der Waals surface area (Å²) in [5, 5.41) is 24.5. The van der Waals surface area contributed by atoms with E-state index in [-0.39, 0.29) is 31.0 Å². The molecule has 0 fully saturated rings. The standard InChI is InChI=1S/C24H23F2N3O3/c1-15-12-18(8-9-27-15)23(29-32)14-21(20-7-6-19(25)13-22(20)26)16-2-4-17(5-3-16)24(31)28-10-11-30/h2-9,12-13,21,30,32H,10-11,14H2,1H3,(H,28,31)/b29-23+. The smallest absolute Gasteiger partial charge is 0.251 e. The lowest BCUT2D eigenvalue weighted by Crippen LogP contribution is -2.26. The average Bonchev–Trinajstić information content (AvgIpc) is 2.79. The van der Waals surface area contributed by atoms with Crippen molar-refractivity contribution in [3.63, 3.8) is 0 Å². The van der Waals surface area contributed by atoms with Crippen LogP contribution in [0, 0.1) is 18.6 Å². The lowest BCUT2D eigenvalue weighted by Gasteiger charge is -2.20. The number of aliphatic hydroxyl groups is 1. The van der Waals surface area contributed by atoms with Crippen LogP contribution in [0.4, 0.5) is 8.78 Å². The van der Waals surface area contributed by atoms with Gasteiger partial charge in [-0.05, 0) is 48.4 Å². The molecule has 1 heterocycles. The predicted molar refractivity (Wildman–Crippen MR) is 116 cm³/mol. The van der Waals surface area contributed by atoms with Gasteiger partial charge in [0.15, 0.2) is 0 Å². The number of hydrogen-bond donors (Lipinski definition) is 3. The Morgan fingerprint density at radius 2 is 1.84 bits per heavy atom. The summed E-state index contributed by atoms with van der Waals surface area (Å²) in [5.74, 6) is -2.37. The number of rotatable bonds is 8. The number of carbonyl (C=O) groups is 1. The molecule has 0 aliphatic rings. The number of pyridine rings is 1. The molecule has 8 heteroatoms. The second kappa shape index (κ2) is 10.6. The molecular formula is C24H23F2N3O3. The molecule has 0 bridgehead atoms. The van der Waals surface area contributed by atoms with Gasteiger partial charge in [0.2, 0.25) is 0 Å². The minimum atomic E-state index is -0.719. The molecule has 3 N–H and O–H groups in total. The Bertz CT molecular complexity index is 1120. The van der Waals surface area contributed by atoms with Gasteiger partial charge in [-0.25, -0.2) is 8.78 Å². The lowest BCUT2D eigenvalue weighted by molar-refractivity contribution is 0.0944. The van der Waals surface area contributed by atoms with Crippen LogP contribution in [-0.4, -0.2) is 40.1 Å². The Balaban J connectivity index is 1.98. The third-order valence-corrected chi connectivity index (χ3v) is 5.06. The SMILES string of the molecule is Cc1cc(/C(CC(c2ccc(C(=O)NCCO)cc2)c2ccc(F)cc2F)=N/O)ccn1. The van der Waals surface area contributed by atoms with E-state index in [2.05, 4.69) is 15.5 Å². The second-order valence-electron chi connectivity index (χ2n) is 7.26. The number of carbonyl (C=O) groups excluding carboxylic acids is 1. The number of halogens is 2. The summed E-state index contributed by atoms with van der Waals surface area (Å²) < 4.78 is 28.2. The van der Waals surface area contributed by atoms with Crippen LogP contribution < -0.4 is 5.32 Å². The van der Waals surface area contributed by atoms with Gasteiger partial charge in [0.1, 0.15) is 11.6 Å². The van der Waals surface area contributed by atoms with Crippen LogP contribution in [0.3, 0.4) is 0 Å². The Morgan fingerprint density at radius 1 is 1.09 bits per heavy atom. The summed E-state index contributed by atoms with van der Waals surface area (Å²) in [6.45, 7) is 1.76. The maximum absolute atomic E-state index is 14.7. The summed E-state index contributed by atoms with van der Waals surface area (Å²) in [6.07, 6.45) is 1.71. The van der Waals surface area contributed by atoms with Crippen molar-refractivity contribution in [2.45, 2.75) is 19.3 Å². The Hall–Kier alpha value is -3.65. The van der Waals surface area contributed by atoms with Crippen LogP contribution >= 0.6 is 0 Å². The van der Waals surface area contributed by atoms with E-state index in [0.29, 0.717) is 22.4 Å². The molecule has 1 aromatic heterocycles. The monoisotopic (exact) mass is 439 g/mol. The summed E-state index contributed by atoms with van der Waals surface area (Å²) >= 11 is 0. The highest BCUT2D eigenvalue weighted by Crippen LogP contribution is 2.32. The molecule has 0 radical (unpaired) electrons. The zero-order valence-electron chi connectivity index (χ0n) is 17.4. The molecule has 2 aromatic carbocycles. The second-order valence-corrected chi connectivity index (χ2v) is 7.26. The molecule has 0 aliphatic heterocycles. The number of oxime groups is 1. The number of nitrogens with zero attached hydrogens (tertiary/aromatic N) is 2. The van der Waals surface area contributed by atoms with Crippen molar-refractivity contribution >= 4 is 11.6 Å². The average molecular weight is 439 g/mol. The van der Waals surface area contributed by atoms with Gasteiger partial charge < -0.3 is 15.6 Å². The number of amides is 1. The molecule has 166 valence electrons. The number of aliphatic hydroxyl groups excluding tert-OH is 1. The fourth-order valence-corrected chi connectivity index (χ4v) is 3.46. The van der Waals surface area contributed by atoms with Gasteiger partial charge in [-0.3, -0.25) is 9.78 Å². The van der Waals surface area contributed by atoms with Gasteiger partial charge in [0, 0.05) is 48.0 Å².